The zero-order valence-electron chi connectivity index (χ0n) is 16.7. The van der Waals surface area contributed by atoms with Gasteiger partial charge in [0.1, 0.15) is 5.75 Å². The smallest absolute Gasteiger partial charge is 0.244 e. The van der Waals surface area contributed by atoms with Crippen LogP contribution in [-0.4, -0.2) is 43.5 Å². The van der Waals surface area contributed by atoms with Gasteiger partial charge >= 0.3 is 0 Å². The molecule has 5 heteroatoms. The van der Waals surface area contributed by atoms with Gasteiger partial charge in [-0.2, -0.15) is 0 Å². The number of hydrogen-bond acceptors (Lipinski definition) is 3. The van der Waals surface area contributed by atoms with Crippen LogP contribution in [0.2, 0.25) is 0 Å². The Morgan fingerprint density at radius 1 is 1.18 bits per heavy atom. The highest BCUT2D eigenvalue weighted by molar-refractivity contribution is 5.93. The van der Waals surface area contributed by atoms with Crippen molar-refractivity contribution in [2.45, 2.75) is 13.0 Å². The van der Waals surface area contributed by atoms with E-state index in [1.165, 1.54) is 10.9 Å². The molecule has 1 amide bonds. The normalized spacial score (nSPS) is 11.4. The lowest BCUT2D eigenvalue weighted by molar-refractivity contribution is -0.116. The molecule has 3 aromatic rings. The van der Waals surface area contributed by atoms with E-state index >= 15 is 0 Å². The lowest BCUT2D eigenvalue weighted by atomic mass is 10.1. The molecule has 0 saturated heterocycles. The zero-order chi connectivity index (χ0) is 19.9. The average Bonchev–Trinajstić information content (AvgIpc) is 3.11. The summed E-state index contributed by atoms with van der Waals surface area (Å²) < 4.78 is 5.14. The first-order valence-corrected chi connectivity index (χ1v) is 9.39. The zero-order valence-corrected chi connectivity index (χ0v) is 16.7. The van der Waals surface area contributed by atoms with Gasteiger partial charge in [-0.3, -0.25) is 4.79 Å². The molecule has 146 valence electrons. The summed E-state index contributed by atoms with van der Waals surface area (Å²) in [6, 6.07) is 13.9. The van der Waals surface area contributed by atoms with Crippen molar-refractivity contribution in [2.75, 3.05) is 27.7 Å². The van der Waals surface area contributed by atoms with Gasteiger partial charge in [0.05, 0.1) is 7.11 Å². The largest absolute Gasteiger partial charge is 0.497 e. The fourth-order valence-corrected chi connectivity index (χ4v) is 3.02. The summed E-state index contributed by atoms with van der Waals surface area (Å²) >= 11 is 0. The Balaban J connectivity index is 1.58. The maximum Gasteiger partial charge on any atom is 0.244 e. The van der Waals surface area contributed by atoms with Gasteiger partial charge in [-0.15, -0.1) is 0 Å². The predicted molar refractivity (Wildman–Crippen MR) is 114 cm³/mol. The summed E-state index contributed by atoms with van der Waals surface area (Å²) in [6.45, 7) is 1.50. The van der Waals surface area contributed by atoms with Gasteiger partial charge in [0.25, 0.3) is 0 Å². The van der Waals surface area contributed by atoms with E-state index in [2.05, 4.69) is 47.6 Å². The van der Waals surface area contributed by atoms with E-state index < -0.39 is 0 Å². The summed E-state index contributed by atoms with van der Waals surface area (Å²) in [7, 11) is 5.80. The molecule has 0 fully saturated rings. The molecule has 0 atom stereocenters. The Morgan fingerprint density at radius 3 is 2.68 bits per heavy atom. The molecule has 0 radical (unpaired) electrons. The molecule has 0 unspecified atom stereocenters. The molecule has 2 aromatic carbocycles. The minimum atomic E-state index is -0.117. The molecule has 0 spiro atoms. The van der Waals surface area contributed by atoms with Gasteiger partial charge < -0.3 is 19.9 Å². The number of nitrogens with zero attached hydrogens (tertiary/aromatic N) is 1. The molecule has 0 bridgehead atoms. The standard InChI is InChI=1S/C23H27N3O2/c1-26(2)13-12-19-16-24-22-14-17(6-10-21(19)22)7-11-23(27)25-15-18-4-8-20(28-3)9-5-18/h4-11,14,16,24H,12-13,15H2,1-3H3,(H,25,27)/b11-7+. The molecule has 2 N–H and O–H groups in total. The van der Waals surface area contributed by atoms with Crippen LogP contribution in [0.15, 0.2) is 54.7 Å². The number of methoxy groups -OCH3 is 1. The number of rotatable bonds is 8. The molecule has 0 saturated carbocycles. The van der Waals surface area contributed by atoms with Crippen LogP contribution in [0.5, 0.6) is 5.75 Å². The number of carbonyl (C=O) groups excluding carboxylic acids is 1. The van der Waals surface area contributed by atoms with Crippen LogP contribution in [0.25, 0.3) is 17.0 Å². The number of carbonyl (C=O) groups is 1. The number of nitrogens with one attached hydrogen (secondary N) is 2. The Bertz CT molecular complexity index is 956. The highest BCUT2D eigenvalue weighted by Crippen LogP contribution is 2.21. The average molecular weight is 377 g/mol. The number of amides is 1. The first-order valence-electron chi connectivity index (χ1n) is 9.39. The van der Waals surface area contributed by atoms with Gasteiger partial charge in [-0.05, 0) is 61.5 Å². The van der Waals surface area contributed by atoms with Crippen molar-refractivity contribution in [3.05, 3.63) is 71.4 Å². The van der Waals surface area contributed by atoms with E-state index in [0.29, 0.717) is 6.54 Å². The van der Waals surface area contributed by atoms with Crippen molar-refractivity contribution < 1.29 is 9.53 Å². The molecular weight excluding hydrogens is 350 g/mol. The van der Waals surface area contributed by atoms with E-state index in [1.807, 2.05) is 36.4 Å². The van der Waals surface area contributed by atoms with Gasteiger partial charge in [-0.25, -0.2) is 0 Å². The fraction of sp³-hybridized carbons (Fsp3) is 0.261. The summed E-state index contributed by atoms with van der Waals surface area (Å²) in [5.41, 5.74) is 4.43. The third-order valence-corrected chi connectivity index (χ3v) is 4.67. The van der Waals surface area contributed by atoms with Crippen molar-refractivity contribution in [1.29, 1.82) is 0 Å². The first kappa shape index (κ1) is 19.7. The highest BCUT2D eigenvalue weighted by atomic mass is 16.5. The third-order valence-electron chi connectivity index (χ3n) is 4.67. The number of ether oxygens (including phenoxy) is 1. The molecule has 1 heterocycles. The number of fused-ring (bicyclic) bond motifs is 1. The molecule has 5 nitrogen and oxygen atoms in total. The second-order valence-corrected chi connectivity index (χ2v) is 7.07. The van der Waals surface area contributed by atoms with Crippen molar-refractivity contribution in [1.82, 2.24) is 15.2 Å². The highest BCUT2D eigenvalue weighted by Gasteiger charge is 2.05. The number of aromatic nitrogens is 1. The summed E-state index contributed by atoms with van der Waals surface area (Å²) in [5.74, 6) is 0.689. The topological polar surface area (TPSA) is 57.4 Å². The molecule has 3 rings (SSSR count). The third kappa shape index (κ3) is 5.24. The Morgan fingerprint density at radius 2 is 1.96 bits per heavy atom. The van der Waals surface area contributed by atoms with E-state index in [-0.39, 0.29) is 5.91 Å². The number of likely N-dealkylation sites (N-methyl/N-ethyl adjacent to an activating group) is 1. The maximum atomic E-state index is 12.1. The van der Waals surface area contributed by atoms with Crippen molar-refractivity contribution in [3.8, 4) is 5.75 Å². The van der Waals surface area contributed by atoms with Crippen LogP contribution in [-0.2, 0) is 17.8 Å². The van der Waals surface area contributed by atoms with E-state index in [9.17, 15) is 4.79 Å². The molecule has 0 aliphatic carbocycles. The molecule has 28 heavy (non-hydrogen) atoms. The van der Waals surface area contributed by atoms with Crippen LogP contribution in [0, 0.1) is 0 Å². The van der Waals surface area contributed by atoms with Crippen molar-refractivity contribution in [2.24, 2.45) is 0 Å². The maximum absolute atomic E-state index is 12.1. The lowest BCUT2D eigenvalue weighted by Crippen LogP contribution is -2.20. The Kier molecular flexibility index (Phi) is 6.50. The second-order valence-electron chi connectivity index (χ2n) is 7.07. The summed E-state index contributed by atoms with van der Waals surface area (Å²) in [6.07, 6.45) is 6.49. The quantitative estimate of drug-likeness (QED) is 0.590. The number of H-pyrrole nitrogens is 1. The molecule has 0 aliphatic rings. The number of hydrogen-bond donors (Lipinski definition) is 2. The summed E-state index contributed by atoms with van der Waals surface area (Å²) in [5, 5.41) is 4.14. The second kappa shape index (κ2) is 9.24. The Labute approximate surface area is 166 Å². The first-order chi connectivity index (χ1) is 13.5. The Hall–Kier alpha value is -3.05. The van der Waals surface area contributed by atoms with Crippen molar-refractivity contribution in [3.63, 3.8) is 0 Å². The molecule has 0 aliphatic heterocycles. The van der Waals surface area contributed by atoms with Crippen molar-refractivity contribution >= 4 is 22.9 Å². The molecular formula is C23H27N3O2. The minimum absolute atomic E-state index is 0.117. The van der Waals surface area contributed by atoms with Gasteiger partial charge in [-0.1, -0.05) is 24.3 Å². The van der Waals surface area contributed by atoms with E-state index in [0.717, 1.165) is 35.4 Å². The number of aromatic amines is 1. The van der Waals surface area contributed by atoms with Crippen LogP contribution < -0.4 is 10.1 Å². The van der Waals surface area contributed by atoms with Gasteiger partial charge in [0, 0.05) is 36.3 Å². The fourth-order valence-electron chi connectivity index (χ4n) is 3.02. The van der Waals surface area contributed by atoms with Gasteiger partial charge in [0.15, 0.2) is 0 Å². The summed E-state index contributed by atoms with van der Waals surface area (Å²) in [4.78, 5) is 17.6. The minimum Gasteiger partial charge on any atom is -0.497 e. The monoisotopic (exact) mass is 377 g/mol. The van der Waals surface area contributed by atoms with E-state index in [4.69, 9.17) is 4.74 Å². The molecule has 1 aromatic heterocycles. The van der Waals surface area contributed by atoms with Crippen LogP contribution in [0.1, 0.15) is 16.7 Å². The SMILES string of the molecule is COc1ccc(CNC(=O)/C=C/c2ccc3c(CCN(C)C)c[nH]c3c2)cc1. The lowest BCUT2D eigenvalue weighted by Gasteiger charge is -2.08. The number of benzene rings is 2. The van der Waals surface area contributed by atoms with E-state index in [1.54, 1.807) is 13.2 Å². The van der Waals surface area contributed by atoms with Crippen LogP contribution in [0.3, 0.4) is 0 Å². The predicted octanol–water partition coefficient (Wildman–Crippen LogP) is 3.61. The van der Waals surface area contributed by atoms with Crippen LogP contribution >= 0.6 is 0 Å². The van der Waals surface area contributed by atoms with Gasteiger partial charge in [0.2, 0.25) is 5.91 Å². The van der Waals surface area contributed by atoms with Crippen LogP contribution in [0.4, 0.5) is 0 Å².